The van der Waals surface area contributed by atoms with E-state index in [-0.39, 0.29) is 6.54 Å². The Bertz CT molecular complexity index is 247. The molecule has 0 saturated heterocycles. The van der Waals surface area contributed by atoms with Crippen LogP contribution >= 0.6 is 0 Å². The van der Waals surface area contributed by atoms with Crippen molar-refractivity contribution in [3.05, 3.63) is 0 Å². The lowest BCUT2D eigenvalue weighted by Gasteiger charge is -2.34. The van der Waals surface area contributed by atoms with Crippen molar-refractivity contribution >= 4 is 5.91 Å². The van der Waals surface area contributed by atoms with Gasteiger partial charge in [0.15, 0.2) is 0 Å². The molecule has 2 N–H and O–H groups in total. The third kappa shape index (κ3) is 3.04. The minimum absolute atomic E-state index is 0.281. The van der Waals surface area contributed by atoms with E-state index in [0.717, 1.165) is 25.7 Å². The van der Waals surface area contributed by atoms with E-state index < -0.39 is 11.5 Å². The summed E-state index contributed by atoms with van der Waals surface area (Å²) in [6.45, 7) is 2.46. The van der Waals surface area contributed by atoms with Crippen LogP contribution in [0.5, 0.6) is 0 Å². The van der Waals surface area contributed by atoms with Crippen molar-refractivity contribution in [3.63, 3.8) is 0 Å². The van der Waals surface area contributed by atoms with Gasteiger partial charge in [-0.3, -0.25) is 4.79 Å². The molecule has 0 aliphatic heterocycles. The molecule has 1 saturated carbocycles. The summed E-state index contributed by atoms with van der Waals surface area (Å²) in [7, 11) is 0. The highest BCUT2D eigenvalue weighted by Crippen LogP contribution is 2.31. The molecular formula is C11H17NO2. The molecule has 0 radical (unpaired) electrons. The van der Waals surface area contributed by atoms with Crippen molar-refractivity contribution in [1.82, 2.24) is 5.32 Å². The topological polar surface area (TPSA) is 49.3 Å². The lowest BCUT2D eigenvalue weighted by atomic mass is 9.79. The number of nitrogens with one attached hydrogen (secondary N) is 1. The third-order valence-corrected chi connectivity index (χ3v) is 2.91. The average molecular weight is 195 g/mol. The molecule has 0 aromatic rings. The van der Waals surface area contributed by atoms with E-state index in [2.05, 4.69) is 12.2 Å². The van der Waals surface area contributed by atoms with Crippen LogP contribution in [-0.4, -0.2) is 23.2 Å². The van der Waals surface area contributed by atoms with Gasteiger partial charge < -0.3 is 10.4 Å². The lowest BCUT2D eigenvalue weighted by molar-refractivity contribution is -0.117. The van der Waals surface area contributed by atoms with Crippen LogP contribution in [0.3, 0.4) is 0 Å². The zero-order valence-corrected chi connectivity index (χ0v) is 8.55. The first kappa shape index (κ1) is 11.1. The molecule has 0 aromatic heterocycles. The van der Waals surface area contributed by atoms with E-state index in [9.17, 15) is 9.90 Å². The summed E-state index contributed by atoms with van der Waals surface area (Å²) in [6, 6.07) is 0. The fourth-order valence-electron chi connectivity index (χ4n) is 1.77. The molecule has 1 rings (SSSR count). The van der Waals surface area contributed by atoms with E-state index in [1.165, 1.54) is 0 Å². The van der Waals surface area contributed by atoms with Crippen molar-refractivity contribution in [3.8, 4) is 12.3 Å². The largest absolute Gasteiger partial charge is 0.388 e. The number of amides is 1. The molecule has 0 unspecified atom stereocenters. The first-order valence-corrected chi connectivity index (χ1v) is 5.02. The summed E-state index contributed by atoms with van der Waals surface area (Å²) in [6.07, 6.45) is 8.44. The van der Waals surface area contributed by atoms with Gasteiger partial charge in [0, 0.05) is 6.54 Å². The molecule has 1 aliphatic carbocycles. The number of carbonyl (C=O) groups is 1. The zero-order valence-electron chi connectivity index (χ0n) is 8.55. The van der Waals surface area contributed by atoms with Crippen molar-refractivity contribution < 1.29 is 9.90 Å². The zero-order chi connectivity index (χ0) is 10.6. The van der Waals surface area contributed by atoms with Crippen LogP contribution in [0.4, 0.5) is 0 Å². The predicted molar refractivity (Wildman–Crippen MR) is 54.4 cm³/mol. The Morgan fingerprint density at radius 2 is 2.21 bits per heavy atom. The first-order valence-electron chi connectivity index (χ1n) is 5.02. The van der Waals surface area contributed by atoms with Crippen molar-refractivity contribution in [2.75, 3.05) is 6.54 Å². The molecule has 1 aliphatic rings. The summed E-state index contributed by atoms with van der Waals surface area (Å²) in [5.41, 5.74) is -0.737. The molecule has 1 fully saturated rings. The Balaban J connectivity index is 2.36. The van der Waals surface area contributed by atoms with Crippen molar-refractivity contribution in [1.29, 1.82) is 0 Å². The Hall–Kier alpha value is -1.01. The molecule has 14 heavy (non-hydrogen) atoms. The Labute approximate surface area is 84.9 Å². The van der Waals surface area contributed by atoms with Gasteiger partial charge in [0.25, 0.3) is 5.91 Å². The van der Waals surface area contributed by atoms with Gasteiger partial charge in [0.05, 0.1) is 5.60 Å². The number of carbonyl (C=O) groups excluding carboxylic acids is 1. The van der Waals surface area contributed by atoms with Crippen molar-refractivity contribution in [2.24, 2.45) is 5.92 Å². The molecule has 0 bridgehead atoms. The fourth-order valence-corrected chi connectivity index (χ4v) is 1.77. The highest BCUT2D eigenvalue weighted by atomic mass is 16.3. The van der Waals surface area contributed by atoms with Gasteiger partial charge in [-0.2, -0.15) is 0 Å². The van der Waals surface area contributed by atoms with Crippen LogP contribution in [0, 0.1) is 18.3 Å². The Kier molecular flexibility index (Phi) is 3.54. The van der Waals surface area contributed by atoms with Gasteiger partial charge in [-0.25, -0.2) is 0 Å². The van der Waals surface area contributed by atoms with Crippen LogP contribution in [0.15, 0.2) is 0 Å². The molecule has 3 heteroatoms. The number of terminal acetylenes is 1. The standard InChI is InChI=1S/C11H17NO2/c1-3-10(13)12-8-11(14)6-4-9(2)5-7-11/h1,9,14H,4-8H2,2H3,(H,12,13). The molecule has 0 spiro atoms. The fraction of sp³-hybridized carbons (Fsp3) is 0.727. The highest BCUT2D eigenvalue weighted by molar-refractivity contribution is 5.92. The van der Waals surface area contributed by atoms with Gasteiger partial charge in [0.2, 0.25) is 0 Å². The second kappa shape index (κ2) is 4.47. The van der Waals surface area contributed by atoms with Crippen LogP contribution < -0.4 is 5.32 Å². The molecule has 0 aromatic carbocycles. The lowest BCUT2D eigenvalue weighted by Crippen LogP contribution is -2.44. The Morgan fingerprint density at radius 1 is 1.64 bits per heavy atom. The second-order valence-electron chi connectivity index (χ2n) is 4.23. The number of hydrogen-bond acceptors (Lipinski definition) is 2. The van der Waals surface area contributed by atoms with E-state index in [1.807, 2.05) is 5.92 Å². The van der Waals surface area contributed by atoms with Crippen molar-refractivity contribution in [2.45, 2.75) is 38.2 Å². The number of rotatable bonds is 2. The normalized spacial score (nSPS) is 31.9. The molecule has 0 heterocycles. The Morgan fingerprint density at radius 3 is 2.71 bits per heavy atom. The maximum absolute atomic E-state index is 10.8. The van der Waals surface area contributed by atoms with E-state index in [4.69, 9.17) is 6.42 Å². The van der Waals surface area contributed by atoms with Gasteiger partial charge in [-0.1, -0.05) is 6.92 Å². The van der Waals surface area contributed by atoms with Gasteiger partial charge in [-0.05, 0) is 37.5 Å². The maximum Gasteiger partial charge on any atom is 0.295 e. The van der Waals surface area contributed by atoms with Gasteiger partial charge in [-0.15, -0.1) is 6.42 Å². The van der Waals surface area contributed by atoms with Crippen LogP contribution in [0.2, 0.25) is 0 Å². The number of aliphatic hydroxyl groups is 1. The van der Waals surface area contributed by atoms with Gasteiger partial charge in [0.1, 0.15) is 0 Å². The molecular weight excluding hydrogens is 178 g/mol. The third-order valence-electron chi connectivity index (χ3n) is 2.91. The quantitative estimate of drug-likeness (QED) is 0.636. The highest BCUT2D eigenvalue weighted by Gasteiger charge is 2.31. The van der Waals surface area contributed by atoms with E-state index in [1.54, 1.807) is 0 Å². The summed E-state index contributed by atoms with van der Waals surface area (Å²) in [5, 5.41) is 12.6. The summed E-state index contributed by atoms with van der Waals surface area (Å²) >= 11 is 0. The maximum atomic E-state index is 10.8. The average Bonchev–Trinajstić information content (AvgIpc) is 2.20. The van der Waals surface area contributed by atoms with Crippen LogP contribution in [-0.2, 0) is 4.79 Å². The van der Waals surface area contributed by atoms with E-state index >= 15 is 0 Å². The predicted octanol–water partition coefficient (Wildman–Crippen LogP) is 0.677. The summed E-state index contributed by atoms with van der Waals surface area (Å²) < 4.78 is 0. The van der Waals surface area contributed by atoms with Gasteiger partial charge >= 0.3 is 0 Å². The number of hydrogen-bond donors (Lipinski definition) is 2. The molecule has 0 atom stereocenters. The monoisotopic (exact) mass is 195 g/mol. The minimum Gasteiger partial charge on any atom is -0.388 e. The molecule has 1 amide bonds. The SMILES string of the molecule is C#CC(=O)NCC1(O)CCC(C)CC1. The summed E-state index contributed by atoms with van der Waals surface area (Å²) in [4.78, 5) is 10.8. The van der Waals surface area contributed by atoms with E-state index in [0.29, 0.717) is 5.92 Å². The first-order chi connectivity index (χ1) is 6.56. The summed E-state index contributed by atoms with van der Waals surface area (Å²) in [5.74, 6) is 2.20. The van der Waals surface area contributed by atoms with Crippen LogP contribution in [0.1, 0.15) is 32.6 Å². The molecule has 78 valence electrons. The minimum atomic E-state index is -0.737. The second-order valence-corrected chi connectivity index (χ2v) is 4.23. The van der Waals surface area contributed by atoms with Crippen LogP contribution in [0.25, 0.3) is 0 Å². The molecule has 3 nitrogen and oxygen atoms in total. The smallest absolute Gasteiger partial charge is 0.295 e.